The van der Waals surface area contributed by atoms with Crippen molar-refractivity contribution in [2.75, 3.05) is 44.8 Å². The zero-order chi connectivity index (χ0) is 30.3. The number of H-pyrrole nitrogens is 1. The normalized spacial score (nSPS) is 12.3. The Kier molecular flexibility index (Phi) is 10.4. The van der Waals surface area contributed by atoms with Gasteiger partial charge in [-0.15, -0.1) is 0 Å². The van der Waals surface area contributed by atoms with Crippen molar-refractivity contribution >= 4 is 46.8 Å². The highest BCUT2D eigenvalue weighted by atomic mass is 31.2. The zero-order valence-electron chi connectivity index (χ0n) is 24.8. The second-order valence-corrected chi connectivity index (χ2v) is 11.7. The number of aromatic amines is 1. The summed E-state index contributed by atoms with van der Waals surface area (Å²) in [4.78, 5) is 24.5. The van der Waals surface area contributed by atoms with Gasteiger partial charge in [-0.2, -0.15) is 0 Å². The van der Waals surface area contributed by atoms with Gasteiger partial charge in [-0.1, -0.05) is 44.2 Å². The standard InChI is InChI=1S/C32H39N4O5P/c1-6-36(7-2)22-29(37)35(5)25-17-15-24(16-18-25)33-31(23-13-11-10-12-14-23)30-27-21-26(19-20-28(27)34-32(30)38)42(39,40-8-3)41-9-4/h10-21,34,38H,6-9,22H2,1-5H3. The van der Waals surface area contributed by atoms with Gasteiger partial charge in [-0.05, 0) is 69.4 Å². The van der Waals surface area contributed by atoms with Gasteiger partial charge < -0.3 is 24.0 Å². The summed E-state index contributed by atoms with van der Waals surface area (Å²) in [6.07, 6.45) is 0. The van der Waals surface area contributed by atoms with Crippen molar-refractivity contribution in [1.29, 1.82) is 0 Å². The van der Waals surface area contributed by atoms with E-state index in [1.54, 1.807) is 44.0 Å². The summed E-state index contributed by atoms with van der Waals surface area (Å²) in [5, 5.41) is 12.1. The molecule has 0 atom stereocenters. The monoisotopic (exact) mass is 590 g/mol. The van der Waals surface area contributed by atoms with Gasteiger partial charge in [-0.3, -0.25) is 14.3 Å². The van der Waals surface area contributed by atoms with Gasteiger partial charge in [0.05, 0.1) is 42.0 Å². The lowest BCUT2D eigenvalue weighted by molar-refractivity contribution is -0.119. The van der Waals surface area contributed by atoms with Gasteiger partial charge >= 0.3 is 7.60 Å². The van der Waals surface area contributed by atoms with Gasteiger partial charge in [0, 0.05) is 29.2 Å². The summed E-state index contributed by atoms with van der Waals surface area (Å²) in [5.41, 5.74) is 3.83. The molecule has 0 aliphatic carbocycles. The number of aromatic hydroxyl groups is 1. The number of likely N-dealkylation sites (N-methyl/N-ethyl adjacent to an activating group) is 2. The van der Waals surface area contributed by atoms with E-state index in [9.17, 15) is 14.5 Å². The largest absolute Gasteiger partial charge is 0.494 e. The van der Waals surface area contributed by atoms with Crippen LogP contribution >= 0.6 is 7.60 Å². The van der Waals surface area contributed by atoms with Crippen LogP contribution in [-0.4, -0.2) is 66.5 Å². The quantitative estimate of drug-likeness (QED) is 0.141. The minimum Gasteiger partial charge on any atom is -0.494 e. The number of benzene rings is 3. The van der Waals surface area contributed by atoms with Gasteiger partial charge in [0.2, 0.25) is 5.91 Å². The summed E-state index contributed by atoms with van der Waals surface area (Å²) in [5.74, 6) is -0.0541. The molecule has 0 radical (unpaired) electrons. The van der Waals surface area contributed by atoms with Gasteiger partial charge in [0.1, 0.15) is 0 Å². The fourth-order valence-electron chi connectivity index (χ4n) is 4.73. The molecule has 1 aromatic heterocycles. The van der Waals surface area contributed by atoms with Crippen LogP contribution in [0.4, 0.5) is 11.4 Å². The molecule has 0 aliphatic heterocycles. The highest BCUT2D eigenvalue weighted by molar-refractivity contribution is 7.62. The van der Waals surface area contributed by atoms with E-state index in [4.69, 9.17) is 14.0 Å². The van der Waals surface area contributed by atoms with E-state index >= 15 is 0 Å². The lowest BCUT2D eigenvalue weighted by Crippen LogP contribution is -2.38. The van der Waals surface area contributed by atoms with Crippen LogP contribution in [0.2, 0.25) is 0 Å². The molecule has 0 saturated heterocycles. The Morgan fingerprint density at radius 3 is 2.17 bits per heavy atom. The number of rotatable bonds is 13. The topological polar surface area (TPSA) is 107 Å². The Balaban J connectivity index is 1.78. The number of carbonyl (C=O) groups is 1. The third-order valence-corrected chi connectivity index (χ3v) is 9.17. The van der Waals surface area contributed by atoms with E-state index in [-0.39, 0.29) is 25.0 Å². The number of hydrogen-bond acceptors (Lipinski definition) is 7. The molecule has 0 saturated carbocycles. The van der Waals surface area contributed by atoms with Crippen LogP contribution in [0.3, 0.4) is 0 Å². The smallest absolute Gasteiger partial charge is 0.361 e. The van der Waals surface area contributed by atoms with Gasteiger partial charge in [0.15, 0.2) is 5.88 Å². The molecule has 4 aromatic rings. The number of carbonyl (C=O) groups excluding carboxylic acids is 1. The SMILES string of the molecule is CCOP(=O)(OCC)c1ccc2[nH]c(O)c(C(=Nc3ccc(N(C)C(=O)CN(CC)CC)cc3)c3ccccc3)c2c1. The maximum atomic E-state index is 13.6. The molecule has 0 spiro atoms. The van der Waals surface area contributed by atoms with Gasteiger partial charge in [-0.25, -0.2) is 4.99 Å². The van der Waals surface area contributed by atoms with E-state index in [2.05, 4.69) is 9.88 Å². The lowest BCUT2D eigenvalue weighted by atomic mass is 10.0. The van der Waals surface area contributed by atoms with Crippen LogP contribution in [-0.2, 0) is 18.4 Å². The number of anilines is 1. The lowest BCUT2D eigenvalue weighted by Gasteiger charge is -2.23. The van der Waals surface area contributed by atoms with Gasteiger partial charge in [0.25, 0.3) is 0 Å². The maximum absolute atomic E-state index is 13.6. The third kappa shape index (κ3) is 6.82. The summed E-state index contributed by atoms with van der Waals surface area (Å²) < 4.78 is 24.7. The third-order valence-electron chi connectivity index (χ3n) is 7.07. The van der Waals surface area contributed by atoms with Crippen LogP contribution in [0.5, 0.6) is 5.88 Å². The molecule has 222 valence electrons. The fourth-order valence-corrected chi connectivity index (χ4v) is 6.33. The summed E-state index contributed by atoms with van der Waals surface area (Å²) >= 11 is 0. The molecule has 3 aromatic carbocycles. The second-order valence-electron chi connectivity index (χ2n) is 9.67. The number of aliphatic imine (C=N–C) groups is 1. The van der Waals surface area contributed by atoms with Crippen molar-refractivity contribution in [2.24, 2.45) is 4.99 Å². The zero-order valence-corrected chi connectivity index (χ0v) is 25.7. The molecule has 9 nitrogen and oxygen atoms in total. The molecular weight excluding hydrogens is 551 g/mol. The number of amides is 1. The first kappa shape index (κ1) is 31.2. The molecule has 1 heterocycles. The number of hydrogen-bond donors (Lipinski definition) is 2. The molecule has 0 unspecified atom stereocenters. The average Bonchev–Trinajstić information content (AvgIpc) is 3.33. The first-order valence-corrected chi connectivity index (χ1v) is 15.8. The number of nitrogens with zero attached hydrogens (tertiary/aromatic N) is 3. The molecule has 0 fully saturated rings. The summed E-state index contributed by atoms with van der Waals surface area (Å²) in [7, 11) is -1.79. The van der Waals surface area contributed by atoms with Crippen molar-refractivity contribution in [1.82, 2.24) is 9.88 Å². The number of aromatic nitrogens is 1. The molecule has 1 amide bonds. The number of nitrogens with one attached hydrogen (secondary N) is 1. The Bertz CT molecular complexity index is 1570. The Morgan fingerprint density at radius 1 is 0.929 bits per heavy atom. The van der Waals surface area contributed by atoms with Crippen LogP contribution in [0.15, 0.2) is 77.8 Å². The summed E-state index contributed by atoms with van der Waals surface area (Å²) in [6, 6.07) is 22.1. The minimum absolute atomic E-state index is 0.0100. The summed E-state index contributed by atoms with van der Waals surface area (Å²) in [6.45, 7) is 10.0. The Labute approximate surface area is 247 Å². The van der Waals surface area contributed by atoms with E-state index in [0.717, 1.165) is 24.3 Å². The van der Waals surface area contributed by atoms with Crippen LogP contribution in [0.25, 0.3) is 10.9 Å². The maximum Gasteiger partial charge on any atom is 0.361 e. The van der Waals surface area contributed by atoms with Crippen molar-refractivity contribution in [3.8, 4) is 5.88 Å². The first-order valence-electron chi connectivity index (χ1n) is 14.2. The van der Waals surface area contributed by atoms with Crippen molar-refractivity contribution in [3.63, 3.8) is 0 Å². The van der Waals surface area contributed by atoms with Crippen LogP contribution in [0.1, 0.15) is 38.8 Å². The predicted octanol–water partition coefficient (Wildman–Crippen LogP) is 6.24. The number of fused-ring (bicyclic) bond motifs is 1. The Hall–Kier alpha value is -3.75. The molecule has 42 heavy (non-hydrogen) atoms. The van der Waals surface area contributed by atoms with Crippen molar-refractivity contribution in [2.45, 2.75) is 27.7 Å². The van der Waals surface area contributed by atoms with E-state index < -0.39 is 7.60 Å². The molecule has 0 bridgehead atoms. The van der Waals surface area contributed by atoms with Crippen molar-refractivity contribution in [3.05, 3.63) is 83.9 Å². The fraction of sp³-hybridized carbons (Fsp3) is 0.312. The van der Waals surface area contributed by atoms with Crippen molar-refractivity contribution < 1.29 is 23.5 Å². The second kappa shape index (κ2) is 13.9. The van der Waals surface area contributed by atoms with Crippen LogP contribution < -0.4 is 10.2 Å². The highest BCUT2D eigenvalue weighted by Gasteiger charge is 2.28. The Morgan fingerprint density at radius 2 is 1.57 bits per heavy atom. The minimum atomic E-state index is -3.56. The van der Waals surface area contributed by atoms with E-state index in [1.165, 1.54) is 0 Å². The average molecular weight is 591 g/mol. The predicted molar refractivity (Wildman–Crippen MR) is 170 cm³/mol. The molecule has 0 aliphatic rings. The molecule has 2 N–H and O–H groups in total. The molecular formula is C32H39N4O5P. The first-order chi connectivity index (χ1) is 20.2. The van der Waals surface area contributed by atoms with E-state index in [0.29, 0.717) is 39.7 Å². The highest BCUT2D eigenvalue weighted by Crippen LogP contribution is 2.47. The molecule has 4 rings (SSSR count). The van der Waals surface area contributed by atoms with E-state index in [1.807, 2.05) is 68.4 Å². The molecule has 10 heteroatoms. The van der Waals surface area contributed by atoms with Crippen LogP contribution in [0, 0.1) is 0 Å².